The molecule has 0 unspecified atom stereocenters. The summed E-state index contributed by atoms with van der Waals surface area (Å²) in [5.41, 5.74) is 3.37. The summed E-state index contributed by atoms with van der Waals surface area (Å²) in [5.74, 6) is 0.0824. The summed E-state index contributed by atoms with van der Waals surface area (Å²) < 4.78 is 6.32. The van der Waals surface area contributed by atoms with Gasteiger partial charge in [-0.3, -0.25) is 9.78 Å². The Morgan fingerprint density at radius 2 is 2.20 bits per heavy atom. The third-order valence-electron chi connectivity index (χ3n) is 5.43. The number of hydrogen-bond acceptors (Lipinski definition) is 8. The summed E-state index contributed by atoms with van der Waals surface area (Å²) in [5, 5.41) is 14.6. The van der Waals surface area contributed by atoms with Crippen molar-refractivity contribution in [2.24, 2.45) is 0 Å². The lowest BCUT2D eigenvalue weighted by molar-refractivity contribution is 0.0256. The SMILES string of the molecule is Cc1c(C#N)ccnc1O[C@]1(C(=O)c2ncccc2-c2cscn2)CC[C@@H](C)NC1. The average Bonchev–Trinajstić information content (AvgIpc) is 3.31. The van der Waals surface area contributed by atoms with Crippen molar-refractivity contribution in [3.8, 4) is 23.2 Å². The van der Waals surface area contributed by atoms with Crippen LogP contribution in [-0.2, 0) is 0 Å². The Kier molecular flexibility index (Phi) is 5.57. The summed E-state index contributed by atoms with van der Waals surface area (Å²) in [6.45, 7) is 4.19. The van der Waals surface area contributed by atoms with Gasteiger partial charge < -0.3 is 10.1 Å². The van der Waals surface area contributed by atoms with Gasteiger partial charge in [-0.1, -0.05) is 0 Å². The maximum absolute atomic E-state index is 13.9. The fourth-order valence-corrected chi connectivity index (χ4v) is 4.14. The van der Waals surface area contributed by atoms with Crippen LogP contribution in [0.15, 0.2) is 41.5 Å². The number of hydrogen-bond donors (Lipinski definition) is 1. The molecular formula is C22H21N5O2S. The molecule has 30 heavy (non-hydrogen) atoms. The number of carbonyl (C=O) groups excluding carboxylic acids is 1. The quantitative estimate of drug-likeness (QED) is 0.631. The molecule has 0 saturated carbocycles. The molecule has 1 fully saturated rings. The molecule has 3 aromatic rings. The number of pyridine rings is 2. The van der Waals surface area contributed by atoms with Crippen molar-refractivity contribution in [1.29, 1.82) is 5.26 Å². The maximum Gasteiger partial charge on any atom is 0.226 e. The van der Waals surface area contributed by atoms with Crippen molar-refractivity contribution in [1.82, 2.24) is 20.3 Å². The van der Waals surface area contributed by atoms with Gasteiger partial charge in [0, 0.05) is 41.5 Å². The van der Waals surface area contributed by atoms with E-state index in [1.807, 2.05) is 11.4 Å². The topological polar surface area (TPSA) is 101 Å². The highest BCUT2D eigenvalue weighted by molar-refractivity contribution is 7.07. The molecule has 1 aliphatic heterocycles. The van der Waals surface area contributed by atoms with Gasteiger partial charge in [0.2, 0.25) is 11.7 Å². The standard InChI is InChI=1S/C22H21N5O2S/c1-14-5-7-22(12-26-14,29-21-15(2)16(10-23)6-9-25-21)20(28)19-17(4-3-8-24-19)18-11-30-13-27-18/h3-4,6,8-9,11,13-14,26H,5,7,12H2,1-2H3/t14-,22-/m1/s1. The molecule has 0 amide bonds. The third-order valence-corrected chi connectivity index (χ3v) is 6.02. The second-order valence-corrected chi connectivity index (χ2v) is 8.14. The number of rotatable bonds is 5. The lowest BCUT2D eigenvalue weighted by Gasteiger charge is -2.38. The van der Waals surface area contributed by atoms with Crippen molar-refractivity contribution in [3.05, 3.63) is 58.3 Å². The van der Waals surface area contributed by atoms with Crippen LogP contribution in [-0.4, -0.2) is 38.9 Å². The van der Waals surface area contributed by atoms with Gasteiger partial charge in [-0.15, -0.1) is 11.3 Å². The first-order valence-electron chi connectivity index (χ1n) is 9.70. The van der Waals surface area contributed by atoms with Crippen molar-refractivity contribution >= 4 is 17.1 Å². The van der Waals surface area contributed by atoms with Gasteiger partial charge in [0.1, 0.15) is 5.69 Å². The normalized spacial score (nSPS) is 21.0. The van der Waals surface area contributed by atoms with Crippen LogP contribution in [0.3, 0.4) is 0 Å². The van der Waals surface area contributed by atoms with Crippen molar-refractivity contribution in [3.63, 3.8) is 0 Å². The largest absolute Gasteiger partial charge is 0.461 e. The molecule has 3 aromatic heterocycles. The zero-order valence-electron chi connectivity index (χ0n) is 16.8. The minimum atomic E-state index is -1.17. The van der Waals surface area contributed by atoms with E-state index in [-0.39, 0.29) is 11.8 Å². The highest BCUT2D eigenvalue weighted by Gasteiger charge is 2.46. The number of thiazole rings is 1. The fourth-order valence-electron chi connectivity index (χ4n) is 3.59. The number of ketones is 1. The first kappa shape index (κ1) is 20.1. The van der Waals surface area contributed by atoms with Gasteiger partial charge in [-0.2, -0.15) is 5.26 Å². The summed E-state index contributed by atoms with van der Waals surface area (Å²) in [4.78, 5) is 26.9. The zero-order chi connectivity index (χ0) is 21.1. The van der Waals surface area contributed by atoms with E-state index in [0.29, 0.717) is 46.9 Å². The summed E-state index contributed by atoms with van der Waals surface area (Å²) in [6.07, 6.45) is 4.42. The number of ether oxygens (including phenoxy) is 1. The van der Waals surface area contributed by atoms with E-state index < -0.39 is 5.60 Å². The minimum absolute atomic E-state index is 0.214. The Balaban J connectivity index is 1.78. The number of carbonyl (C=O) groups is 1. The van der Waals surface area contributed by atoms with E-state index in [1.54, 1.807) is 30.8 Å². The van der Waals surface area contributed by atoms with Crippen LogP contribution in [0, 0.1) is 18.3 Å². The molecule has 1 N–H and O–H groups in total. The Hall–Kier alpha value is -3.15. The van der Waals surface area contributed by atoms with Gasteiger partial charge in [0.15, 0.2) is 5.60 Å². The van der Waals surface area contributed by atoms with E-state index in [1.165, 1.54) is 17.5 Å². The van der Waals surface area contributed by atoms with E-state index in [2.05, 4.69) is 33.3 Å². The van der Waals surface area contributed by atoms with E-state index in [9.17, 15) is 10.1 Å². The van der Waals surface area contributed by atoms with Crippen LogP contribution >= 0.6 is 11.3 Å². The number of aromatic nitrogens is 3. The summed E-state index contributed by atoms with van der Waals surface area (Å²) >= 11 is 1.46. The van der Waals surface area contributed by atoms with Gasteiger partial charge in [0.05, 0.1) is 22.8 Å². The molecule has 0 radical (unpaired) electrons. The highest BCUT2D eigenvalue weighted by Crippen LogP contribution is 2.33. The van der Waals surface area contributed by atoms with Crippen LogP contribution < -0.4 is 10.1 Å². The predicted molar refractivity (Wildman–Crippen MR) is 113 cm³/mol. The molecule has 0 spiro atoms. The van der Waals surface area contributed by atoms with Gasteiger partial charge in [0.25, 0.3) is 0 Å². The Morgan fingerprint density at radius 3 is 2.90 bits per heavy atom. The molecule has 7 nitrogen and oxygen atoms in total. The Bertz CT molecular complexity index is 1100. The van der Waals surface area contributed by atoms with E-state index in [0.717, 1.165) is 6.42 Å². The molecule has 152 valence electrons. The third kappa shape index (κ3) is 3.70. The lowest BCUT2D eigenvalue weighted by atomic mass is 9.84. The van der Waals surface area contributed by atoms with Crippen LogP contribution in [0.4, 0.5) is 0 Å². The maximum atomic E-state index is 13.9. The van der Waals surface area contributed by atoms with Gasteiger partial charge in [-0.25, -0.2) is 9.97 Å². The molecule has 1 saturated heterocycles. The van der Waals surface area contributed by atoms with Crippen molar-refractivity contribution in [2.45, 2.75) is 38.3 Å². The molecular weight excluding hydrogens is 398 g/mol. The zero-order valence-corrected chi connectivity index (χ0v) is 17.6. The highest BCUT2D eigenvalue weighted by atomic mass is 32.1. The van der Waals surface area contributed by atoms with E-state index >= 15 is 0 Å². The number of nitrogens with one attached hydrogen (secondary N) is 1. The number of Topliss-reactive ketones (excluding diaryl/α,β-unsaturated/α-hetero) is 1. The molecule has 1 aliphatic rings. The second-order valence-electron chi connectivity index (χ2n) is 7.42. The molecule has 4 rings (SSSR count). The summed E-state index contributed by atoms with van der Waals surface area (Å²) in [6, 6.07) is 7.69. The fraction of sp³-hybridized carbons (Fsp3) is 0.318. The molecule has 4 heterocycles. The minimum Gasteiger partial charge on any atom is -0.461 e. The number of nitrogens with zero attached hydrogens (tertiary/aromatic N) is 4. The first-order valence-corrected chi connectivity index (χ1v) is 10.6. The molecule has 0 aromatic carbocycles. The van der Waals surface area contributed by atoms with Crippen LogP contribution in [0.5, 0.6) is 5.88 Å². The monoisotopic (exact) mass is 419 g/mol. The molecule has 2 atom stereocenters. The smallest absolute Gasteiger partial charge is 0.226 e. The summed E-state index contributed by atoms with van der Waals surface area (Å²) in [7, 11) is 0. The predicted octanol–water partition coefficient (Wildman–Crippen LogP) is 3.55. The molecule has 0 bridgehead atoms. The number of piperidine rings is 1. The van der Waals surface area contributed by atoms with E-state index in [4.69, 9.17) is 4.74 Å². The number of nitriles is 1. The van der Waals surface area contributed by atoms with Crippen molar-refractivity contribution < 1.29 is 9.53 Å². The van der Waals surface area contributed by atoms with Crippen molar-refractivity contribution in [2.75, 3.05) is 6.54 Å². The van der Waals surface area contributed by atoms with Crippen LogP contribution in [0.1, 0.15) is 41.4 Å². The Labute approximate surface area is 178 Å². The average molecular weight is 420 g/mol. The first-order chi connectivity index (χ1) is 14.5. The van der Waals surface area contributed by atoms with Gasteiger partial charge in [-0.05, 0) is 44.9 Å². The lowest BCUT2D eigenvalue weighted by Crippen LogP contribution is -2.58. The van der Waals surface area contributed by atoms with Crippen LogP contribution in [0.2, 0.25) is 0 Å². The molecule has 8 heteroatoms. The second kappa shape index (κ2) is 8.30. The molecule has 0 aliphatic carbocycles. The van der Waals surface area contributed by atoms with Crippen LogP contribution in [0.25, 0.3) is 11.3 Å². The Morgan fingerprint density at radius 1 is 1.33 bits per heavy atom. The van der Waals surface area contributed by atoms with Gasteiger partial charge >= 0.3 is 0 Å².